The second kappa shape index (κ2) is 11.1. The van der Waals surface area contributed by atoms with Crippen molar-refractivity contribution in [2.75, 3.05) is 32.7 Å². The van der Waals surface area contributed by atoms with Crippen molar-refractivity contribution in [3.8, 4) is 17.2 Å². The molecule has 1 heterocycles. The molecular weight excluding hydrogens is 342 g/mol. The minimum atomic E-state index is 0.555. The quantitative estimate of drug-likeness (QED) is 0.559. The SMILES string of the molecule is C=Cc1ncc(OCCCc2cccc(OC)c2OC)c(NCCCC)n1. The van der Waals surface area contributed by atoms with Crippen molar-refractivity contribution in [1.82, 2.24) is 9.97 Å². The van der Waals surface area contributed by atoms with Gasteiger partial charge in [-0.15, -0.1) is 0 Å². The third-order valence-electron chi connectivity index (χ3n) is 4.11. The van der Waals surface area contributed by atoms with E-state index in [-0.39, 0.29) is 0 Å². The van der Waals surface area contributed by atoms with Crippen LogP contribution in [-0.2, 0) is 6.42 Å². The molecule has 0 saturated carbocycles. The Labute approximate surface area is 161 Å². The maximum Gasteiger partial charge on any atom is 0.179 e. The fourth-order valence-corrected chi connectivity index (χ4v) is 2.69. The summed E-state index contributed by atoms with van der Waals surface area (Å²) in [6.07, 6.45) is 7.17. The lowest BCUT2D eigenvalue weighted by atomic mass is 10.1. The molecule has 0 aliphatic rings. The van der Waals surface area contributed by atoms with Gasteiger partial charge in [-0.2, -0.15) is 0 Å². The van der Waals surface area contributed by atoms with E-state index >= 15 is 0 Å². The zero-order chi connectivity index (χ0) is 19.5. The zero-order valence-electron chi connectivity index (χ0n) is 16.5. The van der Waals surface area contributed by atoms with Gasteiger partial charge < -0.3 is 19.5 Å². The summed E-state index contributed by atoms with van der Waals surface area (Å²) in [5.41, 5.74) is 1.10. The average molecular weight is 371 g/mol. The Bertz CT molecular complexity index is 735. The zero-order valence-corrected chi connectivity index (χ0v) is 16.5. The molecule has 0 aliphatic carbocycles. The highest BCUT2D eigenvalue weighted by Crippen LogP contribution is 2.31. The fraction of sp³-hybridized carbons (Fsp3) is 0.429. The summed E-state index contributed by atoms with van der Waals surface area (Å²) in [6.45, 7) is 7.28. The molecule has 2 rings (SSSR count). The Kier molecular flexibility index (Phi) is 8.42. The summed E-state index contributed by atoms with van der Waals surface area (Å²) in [6, 6.07) is 5.90. The highest BCUT2D eigenvalue weighted by molar-refractivity contribution is 5.52. The number of anilines is 1. The van der Waals surface area contributed by atoms with Crippen LogP contribution in [0.2, 0.25) is 0 Å². The van der Waals surface area contributed by atoms with Gasteiger partial charge in [0.25, 0.3) is 0 Å². The number of nitrogens with one attached hydrogen (secondary N) is 1. The first kappa shape index (κ1) is 20.6. The van der Waals surface area contributed by atoms with E-state index in [9.17, 15) is 0 Å². The van der Waals surface area contributed by atoms with Crippen molar-refractivity contribution in [2.45, 2.75) is 32.6 Å². The number of para-hydroxylation sites is 1. The molecule has 146 valence electrons. The van der Waals surface area contributed by atoms with Crippen molar-refractivity contribution in [1.29, 1.82) is 0 Å². The molecule has 0 saturated heterocycles. The van der Waals surface area contributed by atoms with Crippen LogP contribution >= 0.6 is 0 Å². The summed E-state index contributed by atoms with van der Waals surface area (Å²) in [7, 11) is 3.30. The van der Waals surface area contributed by atoms with Crippen LogP contribution in [0.4, 0.5) is 5.82 Å². The van der Waals surface area contributed by atoms with Gasteiger partial charge in [0.2, 0.25) is 0 Å². The monoisotopic (exact) mass is 371 g/mol. The van der Waals surface area contributed by atoms with Crippen LogP contribution in [0.3, 0.4) is 0 Å². The molecule has 1 N–H and O–H groups in total. The van der Waals surface area contributed by atoms with Crippen LogP contribution in [0.1, 0.15) is 37.6 Å². The van der Waals surface area contributed by atoms with E-state index in [1.54, 1.807) is 26.5 Å². The number of ether oxygens (including phenoxy) is 3. The summed E-state index contributed by atoms with van der Waals surface area (Å²) in [4.78, 5) is 8.69. The molecule has 27 heavy (non-hydrogen) atoms. The number of benzene rings is 1. The lowest BCUT2D eigenvalue weighted by molar-refractivity contribution is 0.307. The van der Waals surface area contributed by atoms with Gasteiger partial charge in [-0.25, -0.2) is 9.97 Å². The predicted molar refractivity (Wildman–Crippen MR) is 109 cm³/mol. The molecule has 1 aromatic carbocycles. The molecule has 6 nitrogen and oxygen atoms in total. The Balaban J connectivity index is 1.96. The van der Waals surface area contributed by atoms with Gasteiger partial charge in [-0.3, -0.25) is 0 Å². The van der Waals surface area contributed by atoms with Crippen LogP contribution in [0, 0.1) is 0 Å². The minimum absolute atomic E-state index is 0.555. The third-order valence-corrected chi connectivity index (χ3v) is 4.11. The van der Waals surface area contributed by atoms with Crippen LogP contribution < -0.4 is 19.5 Å². The van der Waals surface area contributed by atoms with Crippen molar-refractivity contribution >= 4 is 11.9 Å². The topological polar surface area (TPSA) is 65.5 Å². The fourth-order valence-electron chi connectivity index (χ4n) is 2.69. The van der Waals surface area contributed by atoms with Crippen molar-refractivity contribution < 1.29 is 14.2 Å². The van der Waals surface area contributed by atoms with Gasteiger partial charge in [0.15, 0.2) is 28.9 Å². The lowest BCUT2D eigenvalue weighted by Gasteiger charge is -2.14. The summed E-state index contributed by atoms with van der Waals surface area (Å²) < 4.78 is 16.7. The maximum absolute atomic E-state index is 5.93. The number of nitrogens with zero attached hydrogens (tertiary/aromatic N) is 2. The molecule has 0 atom stereocenters. The van der Waals surface area contributed by atoms with E-state index in [0.29, 0.717) is 24.0 Å². The summed E-state index contributed by atoms with van der Waals surface area (Å²) in [5, 5.41) is 3.32. The molecule has 0 unspecified atom stereocenters. The van der Waals surface area contributed by atoms with E-state index in [2.05, 4.69) is 28.8 Å². The first-order chi connectivity index (χ1) is 13.2. The Morgan fingerprint density at radius 3 is 2.70 bits per heavy atom. The van der Waals surface area contributed by atoms with Crippen LogP contribution in [0.15, 0.2) is 31.0 Å². The average Bonchev–Trinajstić information content (AvgIpc) is 2.71. The van der Waals surface area contributed by atoms with Crippen LogP contribution in [0.5, 0.6) is 17.2 Å². The molecular formula is C21H29N3O3. The van der Waals surface area contributed by atoms with E-state index in [4.69, 9.17) is 14.2 Å². The van der Waals surface area contributed by atoms with Gasteiger partial charge >= 0.3 is 0 Å². The van der Waals surface area contributed by atoms with Gasteiger partial charge in [0.05, 0.1) is 27.0 Å². The first-order valence-corrected chi connectivity index (χ1v) is 9.29. The molecule has 1 aromatic heterocycles. The van der Waals surface area contributed by atoms with E-state index in [1.165, 1.54) is 0 Å². The lowest BCUT2D eigenvalue weighted by Crippen LogP contribution is -2.09. The third kappa shape index (κ3) is 5.88. The summed E-state index contributed by atoms with van der Waals surface area (Å²) in [5.74, 6) is 3.48. The van der Waals surface area contributed by atoms with Gasteiger partial charge in [-0.05, 0) is 37.0 Å². The second-order valence-corrected chi connectivity index (χ2v) is 6.03. The van der Waals surface area contributed by atoms with Gasteiger partial charge in [0.1, 0.15) is 0 Å². The molecule has 2 aromatic rings. The smallest absolute Gasteiger partial charge is 0.179 e. The normalized spacial score (nSPS) is 10.3. The van der Waals surface area contributed by atoms with Gasteiger partial charge in [-0.1, -0.05) is 32.1 Å². The second-order valence-electron chi connectivity index (χ2n) is 6.03. The largest absolute Gasteiger partial charge is 0.493 e. The molecule has 0 aliphatic heterocycles. The van der Waals surface area contributed by atoms with E-state index in [0.717, 1.165) is 49.3 Å². The molecule has 0 bridgehead atoms. The standard InChI is InChI=1S/C21H29N3O3/c1-5-7-13-22-21-18(15-23-19(6-2)24-21)27-14-9-11-16-10-8-12-17(25-3)20(16)26-4/h6,8,10,12,15H,2,5,7,9,11,13-14H2,1,3-4H3,(H,22,23,24). The molecule has 0 amide bonds. The Morgan fingerprint density at radius 2 is 2.00 bits per heavy atom. The highest BCUT2D eigenvalue weighted by atomic mass is 16.5. The molecule has 0 spiro atoms. The number of aromatic nitrogens is 2. The van der Waals surface area contributed by atoms with Crippen molar-refractivity contribution in [3.63, 3.8) is 0 Å². The van der Waals surface area contributed by atoms with Crippen LogP contribution in [0.25, 0.3) is 6.08 Å². The molecule has 6 heteroatoms. The number of hydrogen-bond donors (Lipinski definition) is 1. The van der Waals surface area contributed by atoms with Crippen molar-refractivity contribution in [2.24, 2.45) is 0 Å². The van der Waals surface area contributed by atoms with Crippen molar-refractivity contribution in [3.05, 3.63) is 42.4 Å². The van der Waals surface area contributed by atoms with Gasteiger partial charge in [0, 0.05) is 6.54 Å². The number of hydrogen-bond acceptors (Lipinski definition) is 6. The number of rotatable bonds is 12. The molecule has 0 radical (unpaired) electrons. The Morgan fingerprint density at radius 1 is 1.15 bits per heavy atom. The minimum Gasteiger partial charge on any atom is -0.493 e. The number of aryl methyl sites for hydroxylation is 1. The first-order valence-electron chi connectivity index (χ1n) is 9.29. The predicted octanol–water partition coefficient (Wildman–Crippen LogP) is 4.36. The highest BCUT2D eigenvalue weighted by Gasteiger charge is 2.10. The maximum atomic E-state index is 5.93. The summed E-state index contributed by atoms with van der Waals surface area (Å²) >= 11 is 0. The van der Waals surface area contributed by atoms with E-state index in [1.807, 2.05) is 18.2 Å². The molecule has 0 fully saturated rings. The van der Waals surface area contributed by atoms with E-state index < -0.39 is 0 Å². The Hall–Kier alpha value is -2.76. The van der Waals surface area contributed by atoms with Crippen LogP contribution in [-0.4, -0.2) is 37.3 Å². The number of unbranched alkanes of at least 4 members (excludes halogenated alkanes) is 1. The number of methoxy groups -OCH3 is 2.